The second-order valence-corrected chi connectivity index (χ2v) is 3.81. The van der Waals surface area contributed by atoms with E-state index in [1.807, 2.05) is 0 Å². The van der Waals surface area contributed by atoms with Crippen LogP contribution in [0.4, 0.5) is 0 Å². The Morgan fingerprint density at radius 3 is 2.31 bits per heavy atom. The smallest absolute Gasteiger partial charge is 1.00 e. The maximum absolute atomic E-state index is 10.4. The maximum Gasteiger partial charge on any atom is 1.00 e. The summed E-state index contributed by atoms with van der Waals surface area (Å²) in [5, 5.41) is 9.10. The van der Waals surface area contributed by atoms with E-state index in [-0.39, 0.29) is 42.3 Å². The van der Waals surface area contributed by atoms with E-state index in [1.165, 1.54) is 12.1 Å². The van der Waals surface area contributed by atoms with Crippen molar-refractivity contribution in [3.05, 3.63) is 29.8 Å². The van der Waals surface area contributed by atoms with Crippen molar-refractivity contribution in [2.24, 2.45) is 0 Å². The Morgan fingerprint density at radius 1 is 1.31 bits per heavy atom. The second kappa shape index (κ2) is 4.97. The molecule has 0 unspecified atom stereocenters. The number of rotatable bonds is 2. The van der Waals surface area contributed by atoms with Gasteiger partial charge in [-0.1, -0.05) is 18.2 Å². The zero-order valence-electron chi connectivity index (χ0n) is 8.14. The minimum Gasteiger partial charge on any atom is -1.00 e. The molecule has 2 N–H and O–H groups in total. The van der Waals surface area contributed by atoms with Crippen LogP contribution in [0.15, 0.2) is 24.3 Å². The fraction of sp³-hybridized carbons (Fsp3) is 0.143. The topological polar surface area (TPSA) is 74.6 Å². The average Bonchev–Trinajstić information content (AvgIpc) is 1.91. The molecular formula is C7H9NaO4S. The predicted molar refractivity (Wildman–Crippen MR) is 44.5 cm³/mol. The number of phenols is 1. The van der Waals surface area contributed by atoms with E-state index in [2.05, 4.69) is 0 Å². The van der Waals surface area contributed by atoms with Crippen LogP contribution in [0.25, 0.3) is 0 Å². The predicted octanol–water partition coefficient (Wildman–Crippen LogP) is -2.10. The zero-order chi connectivity index (χ0) is 9.19. The molecule has 0 spiro atoms. The molecule has 0 amide bonds. The Kier molecular flexibility index (Phi) is 4.95. The van der Waals surface area contributed by atoms with E-state index < -0.39 is 15.9 Å². The van der Waals surface area contributed by atoms with Crippen LogP contribution in [0, 0.1) is 0 Å². The average molecular weight is 212 g/mol. The molecule has 0 saturated carbocycles. The van der Waals surface area contributed by atoms with Crippen molar-refractivity contribution in [3.8, 4) is 5.75 Å². The van der Waals surface area contributed by atoms with Gasteiger partial charge in [0.1, 0.15) is 11.5 Å². The monoisotopic (exact) mass is 212 g/mol. The van der Waals surface area contributed by atoms with Gasteiger partial charge < -0.3 is 6.53 Å². The summed E-state index contributed by atoms with van der Waals surface area (Å²) in [5.74, 6) is -0.685. The molecule has 0 aliphatic carbocycles. The normalized spacial score (nSPS) is 10.5. The van der Waals surface area contributed by atoms with Crippen molar-refractivity contribution in [2.75, 3.05) is 0 Å². The van der Waals surface area contributed by atoms with Gasteiger partial charge in [-0.2, -0.15) is 8.42 Å². The molecule has 1 rings (SSSR count). The molecule has 1 aromatic carbocycles. The Labute approximate surface area is 100 Å². The summed E-state index contributed by atoms with van der Waals surface area (Å²) in [6, 6.07) is 5.95. The molecule has 68 valence electrons. The van der Waals surface area contributed by atoms with E-state index in [1.54, 1.807) is 12.1 Å². The fourth-order valence-corrected chi connectivity index (χ4v) is 1.47. The van der Waals surface area contributed by atoms with Crippen LogP contribution < -0.4 is 29.6 Å². The largest absolute Gasteiger partial charge is 1.00 e. The molecule has 0 bridgehead atoms. The molecule has 4 nitrogen and oxygen atoms in total. The van der Waals surface area contributed by atoms with Gasteiger partial charge in [0.25, 0.3) is 10.1 Å². The Hall–Kier alpha value is -0.0700. The summed E-state index contributed by atoms with van der Waals surface area (Å²) in [7, 11) is -4.06. The first-order valence-corrected chi connectivity index (χ1v) is 4.82. The van der Waals surface area contributed by atoms with Crippen molar-refractivity contribution in [1.82, 2.24) is 0 Å². The van der Waals surface area contributed by atoms with Crippen LogP contribution in [0.3, 0.4) is 0 Å². The first-order chi connectivity index (χ1) is 5.49. The summed E-state index contributed by atoms with van der Waals surface area (Å²) in [4.78, 5) is 0. The summed E-state index contributed by atoms with van der Waals surface area (Å²) < 4.78 is 29.3. The van der Waals surface area contributed by atoms with E-state index >= 15 is 0 Å². The number of hydrogen-bond acceptors (Lipinski definition) is 3. The third-order valence-electron chi connectivity index (χ3n) is 1.33. The summed E-state index contributed by atoms with van der Waals surface area (Å²) in [6.07, 6.45) is 0. The van der Waals surface area contributed by atoms with Gasteiger partial charge in [0.05, 0.1) is 0 Å². The first-order valence-electron chi connectivity index (χ1n) is 3.21. The first kappa shape index (κ1) is 12.9. The molecular weight excluding hydrogens is 203 g/mol. The fourth-order valence-electron chi connectivity index (χ4n) is 0.829. The second-order valence-electron chi connectivity index (χ2n) is 2.35. The van der Waals surface area contributed by atoms with E-state index in [4.69, 9.17) is 9.66 Å². The zero-order valence-corrected chi connectivity index (χ0v) is 9.95. The number of phenolic OH excluding ortho intramolecular Hbond substituents is 1. The van der Waals surface area contributed by atoms with Crippen molar-refractivity contribution in [3.63, 3.8) is 0 Å². The van der Waals surface area contributed by atoms with Gasteiger partial charge in [-0.25, -0.2) is 0 Å². The third-order valence-corrected chi connectivity index (χ3v) is 2.01. The van der Waals surface area contributed by atoms with Gasteiger partial charge in [0.15, 0.2) is 0 Å². The van der Waals surface area contributed by atoms with Gasteiger partial charge in [-0.3, -0.25) is 4.55 Å². The standard InChI is InChI=1S/C7H8O4S.Na.H/c8-7-4-2-1-3-6(7)5-12(9,10)11;;/h1-4,8H,5H2,(H,9,10,11);;/q;+1;-1. The Bertz CT molecular complexity index is 379. The number of para-hydroxylation sites is 1. The van der Waals surface area contributed by atoms with Crippen LogP contribution in [0.2, 0.25) is 0 Å². The van der Waals surface area contributed by atoms with Crippen molar-refractivity contribution in [2.45, 2.75) is 5.75 Å². The molecule has 0 fully saturated rings. The summed E-state index contributed by atoms with van der Waals surface area (Å²) in [5.41, 5.74) is 0.194. The number of aromatic hydroxyl groups is 1. The van der Waals surface area contributed by atoms with Crippen LogP contribution in [-0.4, -0.2) is 18.1 Å². The van der Waals surface area contributed by atoms with Crippen LogP contribution >= 0.6 is 0 Å². The van der Waals surface area contributed by atoms with Crippen LogP contribution in [0.5, 0.6) is 5.75 Å². The molecule has 6 heteroatoms. The van der Waals surface area contributed by atoms with Gasteiger partial charge >= 0.3 is 29.6 Å². The van der Waals surface area contributed by atoms with Crippen LogP contribution in [0.1, 0.15) is 6.99 Å². The summed E-state index contributed by atoms with van der Waals surface area (Å²) in [6.45, 7) is 0. The maximum atomic E-state index is 10.4. The molecule has 0 aromatic heterocycles. The van der Waals surface area contributed by atoms with Crippen molar-refractivity contribution >= 4 is 10.1 Å². The quantitative estimate of drug-likeness (QED) is 0.435. The molecule has 0 saturated heterocycles. The van der Waals surface area contributed by atoms with E-state index in [0.717, 1.165) is 0 Å². The molecule has 0 atom stereocenters. The van der Waals surface area contributed by atoms with Crippen LogP contribution in [-0.2, 0) is 15.9 Å². The SMILES string of the molecule is O=S(=O)(O)Cc1ccccc1O.[H-].[Na+]. The molecule has 1 aromatic rings. The van der Waals surface area contributed by atoms with E-state index in [0.29, 0.717) is 0 Å². The van der Waals surface area contributed by atoms with E-state index in [9.17, 15) is 8.42 Å². The summed E-state index contributed by atoms with van der Waals surface area (Å²) >= 11 is 0. The van der Waals surface area contributed by atoms with Gasteiger partial charge in [0, 0.05) is 5.56 Å². The van der Waals surface area contributed by atoms with Gasteiger partial charge in [0.2, 0.25) is 0 Å². The van der Waals surface area contributed by atoms with Gasteiger partial charge in [-0.15, -0.1) is 0 Å². The third kappa shape index (κ3) is 4.64. The van der Waals surface area contributed by atoms with Crippen molar-refractivity contribution < 1.29 is 49.1 Å². The minimum atomic E-state index is -4.06. The molecule has 0 radical (unpaired) electrons. The minimum absolute atomic E-state index is 0. The molecule has 0 heterocycles. The number of hydrogen-bond donors (Lipinski definition) is 2. The molecule has 13 heavy (non-hydrogen) atoms. The Balaban J connectivity index is 0. The molecule has 0 aliphatic heterocycles. The number of benzene rings is 1. The molecule has 0 aliphatic rings. The van der Waals surface area contributed by atoms with Crippen molar-refractivity contribution in [1.29, 1.82) is 0 Å². The van der Waals surface area contributed by atoms with Gasteiger partial charge in [-0.05, 0) is 6.07 Å². The Morgan fingerprint density at radius 2 is 1.85 bits per heavy atom.